The molecule has 8 aromatic rings. The van der Waals surface area contributed by atoms with Gasteiger partial charge in [-0.05, 0) is 204 Å². The molecule has 0 bridgehead atoms. The second-order valence-electron chi connectivity index (χ2n) is 33.1. The van der Waals surface area contributed by atoms with Gasteiger partial charge in [-0.15, -0.1) is 12.6 Å². The summed E-state index contributed by atoms with van der Waals surface area (Å²) in [7, 11) is -11.4. The standard InChI is InChI=1S/C49H58N2O6S2.C45H55N2.8C2H6.CH4.O3S/c1-34(2)45-37(24-28-43-48(3,4)46-39-20-9-7-16-35(39)22-26-41(46)50(43)30-11-13-32-58(52,53)54)18-15-19-38(45)25-29-44-49(5,6)47-40-21-10-8-17-36(40)23-27-42(47)51(44)31-12-14-33-59(55,56)57;1-9-11-17-31-47-39-27-23-35-19-14-16-21-37(35)43(39)45(7,8)41(47)29-25-33(32(3)4)24-28-40-44(5,6)42-36-20-15-13-18-34(36)22-26-38(42)46(40)30-12-10-2;8*1-2;;1-4(2)3/h7-10,16-17,20-29,34H,11-15,18-19,30-33H2,1-6H3,(H-,52,53,54,55,56,57);13-16,18-29,32H,9-12,17,30-31H2,1-8H3;8*1-2H3;1H4;/q;+1;;;;;;;;;;. The summed E-state index contributed by atoms with van der Waals surface area (Å²) in [5, 5.41) is 10.2. The molecule has 0 amide bonds. The fraction of sp³-hybridized carbons (Fsp3) is 0.495. The number of benzene rings is 8. The Balaban J connectivity index is 0.000000723. The van der Waals surface area contributed by atoms with Crippen LogP contribution in [0.1, 0.15) is 314 Å². The zero-order valence-electron chi connectivity index (χ0n) is 83.1. The van der Waals surface area contributed by atoms with E-state index in [9.17, 15) is 25.9 Å². The van der Waals surface area contributed by atoms with Crippen molar-refractivity contribution in [2.45, 2.75) is 314 Å². The molecule has 0 fully saturated rings. The molecular formula is C111H165N4O9S3+. The van der Waals surface area contributed by atoms with Crippen molar-refractivity contribution in [3.63, 3.8) is 0 Å². The zero-order chi connectivity index (χ0) is 95.3. The molecule has 700 valence electrons. The first-order valence-electron chi connectivity index (χ1n) is 47.7. The third-order valence-electron chi connectivity index (χ3n) is 23.4. The van der Waals surface area contributed by atoms with Crippen molar-refractivity contribution in [2.75, 3.05) is 47.5 Å². The van der Waals surface area contributed by atoms with Gasteiger partial charge >= 0.3 is 10.6 Å². The van der Waals surface area contributed by atoms with E-state index in [4.69, 9.17) is 12.6 Å². The van der Waals surface area contributed by atoms with Crippen LogP contribution in [-0.4, -0.2) is 96.8 Å². The lowest BCUT2D eigenvalue weighted by Gasteiger charge is -2.28. The van der Waals surface area contributed by atoms with Crippen molar-refractivity contribution >= 4 is 108 Å². The number of anilines is 2. The predicted molar refractivity (Wildman–Crippen MR) is 554 cm³/mol. The van der Waals surface area contributed by atoms with Crippen molar-refractivity contribution in [3.05, 3.63) is 250 Å². The molecule has 16 heteroatoms. The SMILES string of the molecule is C.CC.CC.CC.CC.CC.CC.CC.CC.CC(C)C1=C(C=CC2=[N+](CCCCS(=O)(=O)O)c3ccc4ccccc4c3C2(C)C)CCCC1=CC=C1N(CCCCS(=O)(=O)[O-])c2ccc3ccccc3c2C1(C)C.CCCCC[N+]1=C(/C=C/C(=C/C=C2/N(CCCC)c3ccc4ccccc4c3C2(C)C)C(C)C)C(C)(C)c2c1ccc1ccccc21.O=S(=O)=O. The maximum atomic E-state index is 11.6. The van der Waals surface area contributed by atoms with E-state index in [1.807, 2.05) is 111 Å². The van der Waals surface area contributed by atoms with Crippen molar-refractivity contribution in [2.24, 2.45) is 11.8 Å². The van der Waals surface area contributed by atoms with E-state index in [1.165, 1.54) is 148 Å². The van der Waals surface area contributed by atoms with Crippen LogP contribution in [0.5, 0.6) is 0 Å². The van der Waals surface area contributed by atoms with Crippen LogP contribution in [0.4, 0.5) is 22.7 Å². The van der Waals surface area contributed by atoms with Crippen LogP contribution in [0.15, 0.2) is 228 Å². The van der Waals surface area contributed by atoms with E-state index in [-0.39, 0.29) is 46.5 Å². The Morgan fingerprint density at radius 3 is 1.21 bits per heavy atom. The van der Waals surface area contributed by atoms with Crippen LogP contribution in [0, 0.1) is 11.8 Å². The molecule has 1 aliphatic carbocycles. The smallest absolute Gasteiger partial charge is 0.425 e. The van der Waals surface area contributed by atoms with E-state index >= 15 is 0 Å². The maximum absolute atomic E-state index is 11.6. The van der Waals surface area contributed by atoms with Crippen LogP contribution >= 0.6 is 0 Å². The second-order valence-corrected chi connectivity index (χ2v) is 36.6. The topological polar surface area (TPSA) is 175 Å². The minimum atomic E-state index is -4.28. The van der Waals surface area contributed by atoms with Crippen molar-refractivity contribution < 1.29 is 47.7 Å². The molecule has 0 aromatic heterocycles. The van der Waals surface area contributed by atoms with Gasteiger partial charge in [-0.2, -0.15) is 17.6 Å². The lowest BCUT2D eigenvalue weighted by molar-refractivity contribution is -0.438. The number of unbranched alkanes of at least 4 members (excludes halogenated alkanes) is 5. The lowest BCUT2D eigenvalue weighted by Crippen LogP contribution is -2.28. The molecule has 13 rings (SSSR count). The third kappa shape index (κ3) is 28.4. The maximum Gasteiger partial charge on any atom is 0.425 e. The van der Waals surface area contributed by atoms with Crippen LogP contribution in [0.25, 0.3) is 43.1 Å². The Morgan fingerprint density at radius 1 is 0.449 bits per heavy atom. The van der Waals surface area contributed by atoms with Gasteiger partial charge in [0.1, 0.15) is 13.1 Å². The van der Waals surface area contributed by atoms with Gasteiger partial charge in [0.15, 0.2) is 11.4 Å². The van der Waals surface area contributed by atoms with Crippen molar-refractivity contribution in [1.29, 1.82) is 0 Å². The molecule has 0 unspecified atom stereocenters. The van der Waals surface area contributed by atoms with E-state index in [0.717, 1.165) is 49.4 Å². The van der Waals surface area contributed by atoms with E-state index < -0.39 is 30.8 Å². The predicted octanol–water partition coefficient (Wildman–Crippen LogP) is 30.7. The van der Waals surface area contributed by atoms with E-state index in [0.29, 0.717) is 44.7 Å². The van der Waals surface area contributed by atoms with Gasteiger partial charge in [-0.25, -0.2) is 8.42 Å². The molecule has 13 nitrogen and oxygen atoms in total. The highest BCUT2D eigenvalue weighted by atomic mass is 32.2. The molecular weight excluding hydrogens is 1630 g/mol. The molecule has 0 radical (unpaired) electrons. The molecule has 5 aliphatic rings. The second kappa shape index (κ2) is 54.8. The number of nitrogens with zero attached hydrogens (tertiary/aromatic N) is 4. The molecule has 0 saturated carbocycles. The molecule has 127 heavy (non-hydrogen) atoms. The normalized spacial score (nSPS) is 16.2. The van der Waals surface area contributed by atoms with Crippen LogP contribution in [0.2, 0.25) is 0 Å². The summed E-state index contributed by atoms with van der Waals surface area (Å²) in [6.07, 6.45) is 29.8. The highest BCUT2D eigenvalue weighted by Crippen LogP contribution is 2.54. The Hall–Kier alpha value is -8.64. The van der Waals surface area contributed by atoms with Crippen molar-refractivity contribution in [3.8, 4) is 0 Å². The first-order chi connectivity index (χ1) is 60.2. The van der Waals surface area contributed by atoms with Gasteiger partial charge in [0.05, 0.1) is 26.7 Å². The summed E-state index contributed by atoms with van der Waals surface area (Å²) >= 11 is 0. The van der Waals surface area contributed by atoms with Gasteiger partial charge in [0, 0.05) is 101 Å². The van der Waals surface area contributed by atoms with Gasteiger partial charge in [0.25, 0.3) is 10.1 Å². The summed E-state index contributed by atoms with van der Waals surface area (Å²) < 4.78 is 97.2. The quantitative estimate of drug-likeness (QED) is 0.0249. The fourth-order valence-corrected chi connectivity index (χ4v) is 19.4. The summed E-state index contributed by atoms with van der Waals surface area (Å²) in [6, 6.07) is 52.8. The summed E-state index contributed by atoms with van der Waals surface area (Å²) in [4.78, 5) is 4.94. The van der Waals surface area contributed by atoms with Gasteiger partial charge < -0.3 is 14.4 Å². The monoisotopic (exact) mass is 1790 g/mol. The minimum Gasteiger partial charge on any atom is -0.748 e. The largest absolute Gasteiger partial charge is 0.748 e. The summed E-state index contributed by atoms with van der Waals surface area (Å²) in [6.45, 7) is 67.9. The minimum absolute atomic E-state index is 0. The van der Waals surface area contributed by atoms with Gasteiger partial charge in [-0.3, -0.25) is 4.55 Å². The molecule has 4 heterocycles. The fourth-order valence-electron chi connectivity index (χ4n) is 18.2. The third-order valence-corrected chi connectivity index (χ3v) is 25.0. The van der Waals surface area contributed by atoms with Gasteiger partial charge in [-0.1, -0.05) is 334 Å². The molecule has 1 N–H and O–H groups in total. The molecule has 0 atom stereocenters. The Kier molecular flexibility index (Phi) is 49.3. The number of rotatable bonds is 25. The molecule has 0 spiro atoms. The first kappa shape index (κ1) is 114. The molecule has 8 aromatic carbocycles. The number of hydrogen-bond acceptors (Lipinski definition) is 10. The van der Waals surface area contributed by atoms with Crippen LogP contribution < -0.4 is 9.80 Å². The van der Waals surface area contributed by atoms with Crippen LogP contribution in [0.3, 0.4) is 0 Å². The number of hydrogen-bond donors (Lipinski definition) is 1. The summed E-state index contributed by atoms with van der Waals surface area (Å²) in [5.74, 6) is 0.0735. The highest BCUT2D eigenvalue weighted by molar-refractivity contribution is 7.86. The average molecular weight is 1800 g/mol. The average Bonchev–Trinajstić information content (AvgIpc) is 1.59. The lowest BCUT2D eigenvalue weighted by atomic mass is 9.77. The Labute approximate surface area is 773 Å². The summed E-state index contributed by atoms with van der Waals surface area (Å²) in [5.41, 5.74) is 20.1. The highest BCUT2D eigenvalue weighted by Gasteiger charge is 2.48. The van der Waals surface area contributed by atoms with Crippen LogP contribution in [-0.2, 0) is 52.5 Å². The van der Waals surface area contributed by atoms with Gasteiger partial charge in [0.2, 0.25) is 11.4 Å². The zero-order valence-corrected chi connectivity index (χ0v) is 85.5. The first-order valence-corrected chi connectivity index (χ1v) is 51.9. The molecule has 4 aliphatic heterocycles. The molecule has 0 saturated heterocycles. The Bertz CT molecular complexity index is 5510. The van der Waals surface area contributed by atoms with E-state index in [2.05, 4.69) is 310 Å². The van der Waals surface area contributed by atoms with E-state index in [1.54, 1.807) is 0 Å². The van der Waals surface area contributed by atoms with Crippen molar-refractivity contribution in [1.82, 2.24) is 0 Å². The number of fused-ring (bicyclic) bond motifs is 12. The Morgan fingerprint density at radius 2 is 0.819 bits per heavy atom. The number of allylic oxidation sites excluding steroid dienone is 14.